The van der Waals surface area contributed by atoms with Crippen LogP contribution in [0.1, 0.15) is 20.3 Å². The number of aliphatic carboxylic acids is 1. The first-order chi connectivity index (χ1) is 8.45. The molecule has 1 amide bonds. The van der Waals surface area contributed by atoms with E-state index in [0.29, 0.717) is 26.2 Å². The SMILES string of the molecule is CC(C)C(CN)C(=O)N1CCOC(CC(=O)O)C1. The van der Waals surface area contributed by atoms with E-state index in [1.807, 2.05) is 13.8 Å². The van der Waals surface area contributed by atoms with Gasteiger partial charge < -0.3 is 20.5 Å². The molecule has 0 bridgehead atoms. The number of carboxylic acid groups (broad SMARTS) is 1. The minimum Gasteiger partial charge on any atom is -0.481 e. The second kappa shape index (κ2) is 6.70. The monoisotopic (exact) mass is 258 g/mol. The lowest BCUT2D eigenvalue weighted by atomic mass is 9.94. The zero-order valence-corrected chi connectivity index (χ0v) is 11.0. The molecule has 1 rings (SSSR count). The summed E-state index contributed by atoms with van der Waals surface area (Å²) in [7, 11) is 0. The van der Waals surface area contributed by atoms with Crippen molar-refractivity contribution in [1.82, 2.24) is 4.90 Å². The van der Waals surface area contributed by atoms with Crippen LogP contribution in [0, 0.1) is 11.8 Å². The zero-order chi connectivity index (χ0) is 13.7. The summed E-state index contributed by atoms with van der Waals surface area (Å²) in [6.45, 7) is 5.48. The van der Waals surface area contributed by atoms with Crippen LogP contribution in [0.15, 0.2) is 0 Å². The maximum atomic E-state index is 12.2. The molecule has 0 aromatic carbocycles. The lowest BCUT2D eigenvalue weighted by Gasteiger charge is -2.35. The van der Waals surface area contributed by atoms with Gasteiger partial charge in [0.15, 0.2) is 0 Å². The van der Waals surface area contributed by atoms with Crippen LogP contribution in [0.4, 0.5) is 0 Å². The topological polar surface area (TPSA) is 92.9 Å². The summed E-state index contributed by atoms with van der Waals surface area (Å²) < 4.78 is 5.34. The summed E-state index contributed by atoms with van der Waals surface area (Å²) in [5, 5.41) is 8.73. The molecule has 0 aromatic rings. The predicted octanol–water partition coefficient (Wildman–Crippen LogP) is -0.0806. The van der Waals surface area contributed by atoms with Crippen molar-refractivity contribution in [1.29, 1.82) is 0 Å². The van der Waals surface area contributed by atoms with Gasteiger partial charge in [-0.3, -0.25) is 9.59 Å². The van der Waals surface area contributed by atoms with Crippen LogP contribution in [-0.2, 0) is 14.3 Å². The van der Waals surface area contributed by atoms with E-state index in [4.69, 9.17) is 15.6 Å². The predicted molar refractivity (Wildman–Crippen MR) is 66.0 cm³/mol. The average molecular weight is 258 g/mol. The van der Waals surface area contributed by atoms with Gasteiger partial charge in [0.1, 0.15) is 0 Å². The first kappa shape index (κ1) is 14.9. The lowest BCUT2D eigenvalue weighted by Crippen LogP contribution is -2.50. The van der Waals surface area contributed by atoms with Gasteiger partial charge in [0.05, 0.1) is 25.0 Å². The Morgan fingerprint density at radius 3 is 2.67 bits per heavy atom. The fourth-order valence-electron chi connectivity index (χ4n) is 2.13. The number of nitrogens with zero attached hydrogens (tertiary/aromatic N) is 1. The molecule has 104 valence electrons. The highest BCUT2D eigenvalue weighted by Crippen LogP contribution is 2.16. The minimum absolute atomic E-state index is 0.00573. The molecule has 1 aliphatic heterocycles. The molecule has 0 aromatic heterocycles. The van der Waals surface area contributed by atoms with Crippen LogP contribution in [-0.4, -0.2) is 54.2 Å². The zero-order valence-electron chi connectivity index (χ0n) is 11.0. The Morgan fingerprint density at radius 1 is 1.50 bits per heavy atom. The smallest absolute Gasteiger partial charge is 0.306 e. The van der Waals surface area contributed by atoms with E-state index >= 15 is 0 Å². The second-order valence-corrected chi connectivity index (χ2v) is 4.96. The van der Waals surface area contributed by atoms with Gasteiger partial charge in [-0.25, -0.2) is 0 Å². The number of morpholine rings is 1. The van der Waals surface area contributed by atoms with Crippen LogP contribution in [0.5, 0.6) is 0 Å². The Bertz CT molecular complexity index is 306. The molecule has 6 heteroatoms. The molecule has 2 atom stereocenters. The number of amides is 1. The summed E-state index contributed by atoms with van der Waals surface area (Å²) in [5.74, 6) is -0.920. The van der Waals surface area contributed by atoms with Crippen molar-refractivity contribution >= 4 is 11.9 Å². The highest BCUT2D eigenvalue weighted by molar-refractivity contribution is 5.79. The fourth-order valence-corrected chi connectivity index (χ4v) is 2.13. The number of hydrogen-bond donors (Lipinski definition) is 2. The molecule has 0 aliphatic carbocycles. The second-order valence-electron chi connectivity index (χ2n) is 4.96. The first-order valence-corrected chi connectivity index (χ1v) is 6.28. The first-order valence-electron chi connectivity index (χ1n) is 6.28. The van der Waals surface area contributed by atoms with E-state index in [0.717, 1.165) is 0 Å². The maximum Gasteiger partial charge on any atom is 0.306 e. The Labute approximate surface area is 107 Å². The van der Waals surface area contributed by atoms with E-state index in [9.17, 15) is 9.59 Å². The number of hydrogen-bond acceptors (Lipinski definition) is 4. The molecule has 0 radical (unpaired) electrons. The quantitative estimate of drug-likeness (QED) is 0.719. The van der Waals surface area contributed by atoms with Crippen molar-refractivity contribution in [2.24, 2.45) is 17.6 Å². The van der Waals surface area contributed by atoms with Gasteiger partial charge in [-0.15, -0.1) is 0 Å². The third kappa shape index (κ3) is 3.96. The number of rotatable bonds is 5. The normalized spacial score (nSPS) is 22.0. The van der Waals surface area contributed by atoms with Crippen LogP contribution in [0.25, 0.3) is 0 Å². The van der Waals surface area contributed by atoms with Crippen molar-refractivity contribution in [3.63, 3.8) is 0 Å². The van der Waals surface area contributed by atoms with Crippen molar-refractivity contribution in [2.45, 2.75) is 26.4 Å². The van der Waals surface area contributed by atoms with Crippen molar-refractivity contribution in [3.8, 4) is 0 Å². The largest absolute Gasteiger partial charge is 0.481 e. The Morgan fingerprint density at radius 2 is 2.17 bits per heavy atom. The Kier molecular flexibility index (Phi) is 5.55. The summed E-state index contributed by atoms with van der Waals surface area (Å²) >= 11 is 0. The number of ether oxygens (including phenoxy) is 1. The number of carboxylic acids is 1. The molecular formula is C12H22N2O4. The van der Waals surface area contributed by atoms with Crippen molar-refractivity contribution in [3.05, 3.63) is 0 Å². The summed E-state index contributed by atoms with van der Waals surface area (Å²) in [6, 6.07) is 0. The molecule has 18 heavy (non-hydrogen) atoms. The molecular weight excluding hydrogens is 236 g/mol. The summed E-state index contributed by atoms with van der Waals surface area (Å²) in [6.07, 6.45) is -0.482. The van der Waals surface area contributed by atoms with Crippen LogP contribution in [0.2, 0.25) is 0 Å². The fraction of sp³-hybridized carbons (Fsp3) is 0.833. The van der Waals surface area contributed by atoms with Crippen molar-refractivity contribution < 1.29 is 19.4 Å². The molecule has 2 unspecified atom stereocenters. The van der Waals surface area contributed by atoms with Gasteiger partial charge in [0.2, 0.25) is 5.91 Å². The van der Waals surface area contributed by atoms with Crippen LogP contribution >= 0.6 is 0 Å². The van der Waals surface area contributed by atoms with Crippen molar-refractivity contribution in [2.75, 3.05) is 26.2 Å². The highest BCUT2D eigenvalue weighted by Gasteiger charge is 2.30. The molecule has 3 N–H and O–H groups in total. The summed E-state index contributed by atoms with van der Waals surface area (Å²) in [5.41, 5.74) is 5.62. The molecule has 1 aliphatic rings. The third-order valence-corrected chi connectivity index (χ3v) is 3.23. The van der Waals surface area contributed by atoms with E-state index in [1.165, 1.54) is 0 Å². The lowest BCUT2D eigenvalue weighted by molar-refractivity contribution is -0.150. The van der Waals surface area contributed by atoms with Gasteiger partial charge in [-0.1, -0.05) is 13.8 Å². The molecule has 6 nitrogen and oxygen atoms in total. The average Bonchev–Trinajstić information content (AvgIpc) is 2.28. The molecule has 0 saturated carbocycles. The Hall–Kier alpha value is -1.14. The number of nitrogens with two attached hydrogens (primary N) is 1. The summed E-state index contributed by atoms with van der Waals surface area (Å²) in [4.78, 5) is 24.6. The molecule has 1 saturated heterocycles. The van der Waals surface area contributed by atoms with Gasteiger partial charge in [0.25, 0.3) is 0 Å². The number of carbonyl (C=O) groups excluding carboxylic acids is 1. The number of carbonyl (C=O) groups is 2. The van der Waals surface area contributed by atoms with E-state index in [-0.39, 0.29) is 24.2 Å². The molecule has 0 spiro atoms. The van der Waals surface area contributed by atoms with Crippen LogP contribution in [0.3, 0.4) is 0 Å². The third-order valence-electron chi connectivity index (χ3n) is 3.23. The van der Waals surface area contributed by atoms with Gasteiger partial charge in [-0.2, -0.15) is 0 Å². The van der Waals surface area contributed by atoms with E-state index in [2.05, 4.69) is 0 Å². The highest BCUT2D eigenvalue weighted by atomic mass is 16.5. The Balaban J connectivity index is 2.60. The standard InChI is InChI=1S/C12H22N2O4/c1-8(2)10(6-13)12(17)14-3-4-18-9(7-14)5-11(15)16/h8-10H,3-7,13H2,1-2H3,(H,15,16). The maximum absolute atomic E-state index is 12.2. The molecule has 1 heterocycles. The van der Waals surface area contributed by atoms with Gasteiger partial charge in [-0.05, 0) is 5.92 Å². The van der Waals surface area contributed by atoms with Gasteiger partial charge in [0, 0.05) is 19.6 Å². The van der Waals surface area contributed by atoms with Crippen LogP contribution < -0.4 is 5.73 Å². The minimum atomic E-state index is -0.909. The van der Waals surface area contributed by atoms with E-state index < -0.39 is 12.1 Å². The van der Waals surface area contributed by atoms with E-state index in [1.54, 1.807) is 4.90 Å². The molecule has 1 fully saturated rings. The van der Waals surface area contributed by atoms with Gasteiger partial charge >= 0.3 is 5.97 Å².